The van der Waals surface area contributed by atoms with Crippen LogP contribution in [0.4, 0.5) is 18.9 Å². The molecule has 0 amide bonds. The average Bonchev–Trinajstić information content (AvgIpc) is 3.17. The van der Waals surface area contributed by atoms with Gasteiger partial charge in [-0.25, -0.2) is 0 Å². The van der Waals surface area contributed by atoms with Crippen LogP contribution in [-0.2, 0) is 12.1 Å². The third-order valence-electron chi connectivity index (χ3n) is 6.05. The summed E-state index contributed by atoms with van der Waals surface area (Å²) in [4.78, 5) is 23.6. The summed E-state index contributed by atoms with van der Waals surface area (Å²) < 4.78 is 44.7. The van der Waals surface area contributed by atoms with Crippen LogP contribution in [0.3, 0.4) is 0 Å². The number of halogens is 3. The first-order valence-electron chi connectivity index (χ1n) is 10.7. The van der Waals surface area contributed by atoms with Crippen molar-refractivity contribution in [3.8, 4) is 0 Å². The van der Waals surface area contributed by atoms with Crippen LogP contribution >= 0.6 is 0 Å². The average molecular weight is 482 g/mol. The Morgan fingerprint density at radius 1 is 1.03 bits per heavy atom. The Kier molecular flexibility index (Phi) is 6.21. The van der Waals surface area contributed by atoms with Crippen LogP contribution in [0.5, 0.6) is 0 Å². The Labute approximate surface area is 198 Å². The molecule has 1 N–H and O–H groups in total. The molecule has 0 aliphatic carbocycles. The first-order chi connectivity index (χ1) is 16.5. The molecular weight excluding hydrogens is 461 g/mol. The maximum atomic E-state index is 14.4. The highest BCUT2D eigenvalue weighted by Gasteiger charge is 2.57. The zero-order chi connectivity index (χ0) is 25.4. The third-order valence-corrected chi connectivity index (χ3v) is 6.05. The summed E-state index contributed by atoms with van der Waals surface area (Å²) in [6.07, 6.45) is -5.30. The molecular formula is C26H21F3N2O4. The van der Waals surface area contributed by atoms with E-state index in [9.17, 15) is 33.2 Å². The predicted molar refractivity (Wildman–Crippen MR) is 124 cm³/mol. The zero-order valence-electron chi connectivity index (χ0n) is 18.6. The van der Waals surface area contributed by atoms with Crippen LogP contribution in [0.2, 0.25) is 0 Å². The van der Waals surface area contributed by atoms with Crippen molar-refractivity contribution < 1.29 is 28.0 Å². The van der Waals surface area contributed by atoms with E-state index >= 15 is 0 Å². The molecule has 0 saturated carbocycles. The number of carbonyl (C=O) groups excluding carboxylic acids is 1. The van der Waals surface area contributed by atoms with Gasteiger partial charge >= 0.3 is 6.18 Å². The van der Waals surface area contributed by atoms with Gasteiger partial charge in [0.25, 0.3) is 5.69 Å². The fourth-order valence-electron chi connectivity index (χ4n) is 4.20. The molecule has 1 atom stereocenters. The fourth-order valence-corrected chi connectivity index (χ4v) is 4.20. The zero-order valence-corrected chi connectivity index (χ0v) is 18.6. The number of hydrogen-bond donors (Lipinski definition) is 1. The lowest BCUT2D eigenvalue weighted by atomic mass is 9.85. The number of fused-ring (bicyclic) bond motifs is 1. The summed E-state index contributed by atoms with van der Waals surface area (Å²) in [6.45, 7) is 1.71. The number of ketones is 1. The van der Waals surface area contributed by atoms with Gasteiger partial charge in [-0.3, -0.25) is 14.9 Å². The second-order valence-corrected chi connectivity index (χ2v) is 8.39. The number of carbonyl (C=O) groups is 1. The fraction of sp³-hybridized carbons (Fsp3) is 0.192. The largest absolute Gasteiger partial charge is 0.421 e. The van der Waals surface area contributed by atoms with Gasteiger partial charge in [0.05, 0.1) is 16.9 Å². The van der Waals surface area contributed by atoms with E-state index in [1.165, 1.54) is 28.8 Å². The molecule has 1 heterocycles. The molecule has 0 aliphatic rings. The third kappa shape index (κ3) is 4.54. The van der Waals surface area contributed by atoms with E-state index in [4.69, 9.17) is 0 Å². The SMILES string of the molecule is Cc1ccccc1C(=O)CC(O)(c1cn(Cc2ccccc2)c2cc([N+](=O)[O-])ccc12)C(F)(F)F. The van der Waals surface area contributed by atoms with Gasteiger partial charge in [-0.05, 0) is 24.1 Å². The molecule has 0 saturated heterocycles. The molecule has 9 heteroatoms. The van der Waals surface area contributed by atoms with E-state index in [1.54, 1.807) is 49.4 Å². The number of Topliss-reactive ketones (excluding diaryl/α,β-unsaturated/α-hetero) is 1. The number of hydrogen-bond acceptors (Lipinski definition) is 4. The van der Waals surface area contributed by atoms with Crippen molar-refractivity contribution in [1.82, 2.24) is 4.57 Å². The summed E-state index contributed by atoms with van der Waals surface area (Å²) in [5.41, 5.74) is -2.89. The van der Waals surface area contributed by atoms with Crippen LogP contribution in [0, 0.1) is 17.0 Å². The Balaban J connectivity index is 1.89. The molecule has 180 valence electrons. The topological polar surface area (TPSA) is 85.4 Å². The van der Waals surface area contributed by atoms with Gasteiger partial charge in [-0.15, -0.1) is 0 Å². The molecule has 4 rings (SSSR count). The lowest BCUT2D eigenvalue weighted by Gasteiger charge is -2.30. The second-order valence-electron chi connectivity index (χ2n) is 8.39. The first kappa shape index (κ1) is 24.2. The van der Waals surface area contributed by atoms with Gasteiger partial charge in [-0.2, -0.15) is 13.2 Å². The number of alkyl halides is 3. The van der Waals surface area contributed by atoms with E-state index in [2.05, 4.69) is 0 Å². The van der Waals surface area contributed by atoms with Crippen LogP contribution in [0.1, 0.15) is 33.5 Å². The lowest BCUT2D eigenvalue weighted by Crippen LogP contribution is -2.44. The van der Waals surface area contributed by atoms with Gasteiger partial charge in [0, 0.05) is 41.4 Å². The first-order valence-corrected chi connectivity index (χ1v) is 10.7. The predicted octanol–water partition coefficient (Wildman–Crippen LogP) is 5.93. The Hall–Kier alpha value is -3.98. The number of nitro benzene ring substituents is 1. The Morgan fingerprint density at radius 3 is 2.31 bits per heavy atom. The number of rotatable bonds is 7. The van der Waals surface area contributed by atoms with E-state index in [-0.39, 0.29) is 28.7 Å². The molecule has 1 aromatic heterocycles. The molecule has 0 bridgehead atoms. The summed E-state index contributed by atoms with van der Waals surface area (Å²) in [7, 11) is 0. The Bertz CT molecular complexity index is 1410. The monoisotopic (exact) mass is 482 g/mol. The molecule has 0 aliphatic heterocycles. The van der Waals surface area contributed by atoms with E-state index in [0.717, 1.165) is 17.8 Å². The van der Waals surface area contributed by atoms with E-state index in [0.29, 0.717) is 5.56 Å². The lowest BCUT2D eigenvalue weighted by molar-refractivity contribution is -0.384. The van der Waals surface area contributed by atoms with Gasteiger partial charge in [0.2, 0.25) is 0 Å². The quantitative estimate of drug-likeness (QED) is 0.201. The Morgan fingerprint density at radius 2 is 1.69 bits per heavy atom. The molecule has 35 heavy (non-hydrogen) atoms. The van der Waals surface area contributed by atoms with E-state index in [1.807, 2.05) is 0 Å². The number of nitrogens with zero attached hydrogens (tertiary/aromatic N) is 2. The van der Waals surface area contributed by atoms with Crippen LogP contribution < -0.4 is 0 Å². The number of aryl methyl sites for hydroxylation is 1. The minimum absolute atomic E-state index is 0.0241. The highest BCUT2D eigenvalue weighted by molar-refractivity contribution is 5.99. The maximum absolute atomic E-state index is 14.4. The maximum Gasteiger partial charge on any atom is 0.421 e. The molecule has 6 nitrogen and oxygen atoms in total. The number of nitro groups is 1. The van der Waals surface area contributed by atoms with Crippen molar-refractivity contribution in [3.05, 3.63) is 111 Å². The van der Waals surface area contributed by atoms with Gasteiger partial charge in [0.1, 0.15) is 0 Å². The number of aromatic nitrogens is 1. The van der Waals surface area contributed by atoms with Crippen LogP contribution in [0.15, 0.2) is 79.0 Å². The van der Waals surface area contributed by atoms with Crippen molar-refractivity contribution in [2.24, 2.45) is 0 Å². The van der Waals surface area contributed by atoms with Crippen molar-refractivity contribution in [2.75, 3.05) is 0 Å². The summed E-state index contributed by atoms with van der Waals surface area (Å²) in [5, 5.41) is 22.4. The van der Waals surface area contributed by atoms with Crippen molar-refractivity contribution in [2.45, 2.75) is 31.7 Å². The van der Waals surface area contributed by atoms with Crippen molar-refractivity contribution >= 4 is 22.4 Å². The molecule has 0 radical (unpaired) electrons. The molecule has 0 fully saturated rings. The molecule has 3 aromatic carbocycles. The highest BCUT2D eigenvalue weighted by Crippen LogP contribution is 2.46. The summed E-state index contributed by atoms with van der Waals surface area (Å²) in [5.74, 6) is -0.867. The molecule has 0 spiro atoms. The molecule has 1 unspecified atom stereocenters. The normalized spacial score (nSPS) is 13.5. The number of benzene rings is 3. The minimum atomic E-state index is -5.20. The number of aliphatic hydroxyl groups is 1. The summed E-state index contributed by atoms with van der Waals surface area (Å²) >= 11 is 0. The van der Waals surface area contributed by atoms with Crippen LogP contribution in [0.25, 0.3) is 10.9 Å². The van der Waals surface area contributed by atoms with Crippen molar-refractivity contribution in [3.63, 3.8) is 0 Å². The van der Waals surface area contributed by atoms with Gasteiger partial charge in [-0.1, -0.05) is 54.6 Å². The van der Waals surface area contributed by atoms with E-state index < -0.39 is 34.5 Å². The standard InChI is InChI=1S/C26H21F3N2O4/c1-17-7-5-6-10-20(17)24(32)14-25(33,26(27,28)29)22-16-30(15-18-8-3-2-4-9-18)23-13-19(31(34)35)11-12-21(22)23/h2-13,16,33H,14-15H2,1H3. The van der Waals surface area contributed by atoms with Gasteiger partial charge in [0.15, 0.2) is 11.4 Å². The van der Waals surface area contributed by atoms with Crippen molar-refractivity contribution in [1.29, 1.82) is 0 Å². The molecule has 4 aromatic rings. The number of non-ortho nitro benzene ring substituents is 1. The minimum Gasteiger partial charge on any atom is -0.376 e. The summed E-state index contributed by atoms with van der Waals surface area (Å²) in [6, 6.07) is 18.5. The highest BCUT2D eigenvalue weighted by atomic mass is 19.4. The second kappa shape index (κ2) is 8.99. The smallest absolute Gasteiger partial charge is 0.376 e. The van der Waals surface area contributed by atoms with Crippen LogP contribution in [-0.4, -0.2) is 26.6 Å². The van der Waals surface area contributed by atoms with Gasteiger partial charge < -0.3 is 9.67 Å².